The number of aliphatic imine (C=N–C) groups is 1. The van der Waals surface area contributed by atoms with Gasteiger partial charge in [0, 0.05) is 42.7 Å². The smallest absolute Gasteiger partial charge is 0.269 e. The molecule has 0 fully saturated rings. The van der Waals surface area contributed by atoms with Gasteiger partial charge in [-0.05, 0) is 48.2 Å². The molecule has 0 heterocycles. The molecular weight excluding hydrogens is 366 g/mol. The van der Waals surface area contributed by atoms with Gasteiger partial charge in [-0.3, -0.25) is 15.1 Å². The molecule has 0 aromatic heterocycles. The van der Waals surface area contributed by atoms with Crippen LogP contribution in [0.5, 0.6) is 5.75 Å². The highest BCUT2D eigenvalue weighted by Crippen LogP contribution is 2.19. The molecule has 6 heteroatoms. The molecule has 148 valence electrons. The Bertz CT molecular complexity index is 970. The molecule has 0 saturated heterocycles. The molecule has 29 heavy (non-hydrogen) atoms. The quantitative estimate of drug-likeness (QED) is 0.238. The lowest BCUT2D eigenvalue weighted by molar-refractivity contribution is -0.384. The van der Waals surface area contributed by atoms with Gasteiger partial charge in [0.2, 0.25) is 0 Å². The number of hydrogen-bond donors (Lipinski definition) is 2. The fraction of sp³-hybridized carbons (Fsp3) is 0.174. The van der Waals surface area contributed by atoms with E-state index in [4.69, 9.17) is 0 Å². The number of hydrogen-bond acceptors (Lipinski definition) is 5. The number of non-ortho nitro benzene ring substituents is 1. The second-order valence-electron chi connectivity index (χ2n) is 6.68. The number of anilines is 1. The van der Waals surface area contributed by atoms with Crippen molar-refractivity contribution in [1.82, 2.24) is 0 Å². The van der Waals surface area contributed by atoms with Crippen LogP contribution in [0.3, 0.4) is 0 Å². The maximum absolute atomic E-state index is 10.6. The van der Waals surface area contributed by atoms with Crippen molar-refractivity contribution in [1.29, 1.82) is 0 Å². The Morgan fingerprint density at radius 1 is 1.00 bits per heavy atom. The van der Waals surface area contributed by atoms with E-state index in [9.17, 15) is 15.2 Å². The number of nitro benzene ring substituents is 1. The van der Waals surface area contributed by atoms with Crippen LogP contribution < -0.4 is 5.32 Å². The maximum Gasteiger partial charge on any atom is 0.269 e. The number of phenolic OH excluding ortho intramolecular Hbond substituents is 1. The zero-order chi connectivity index (χ0) is 20.5. The number of nitrogens with one attached hydrogen (secondary N) is 1. The number of nitro groups is 1. The Hall–Kier alpha value is -3.67. The first-order valence-electron chi connectivity index (χ1n) is 9.46. The van der Waals surface area contributed by atoms with Gasteiger partial charge in [0.15, 0.2) is 0 Å². The van der Waals surface area contributed by atoms with Gasteiger partial charge in [-0.2, -0.15) is 0 Å². The van der Waals surface area contributed by atoms with Crippen molar-refractivity contribution in [2.24, 2.45) is 4.99 Å². The van der Waals surface area contributed by atoms with Gasteiger partial charge in [-0.25, -0.2) is 0 Å². The summed E-state index contributed by atoms with van der Waals surface area (Å²) in [6.45, 7) is 1.32. The third-order valence-electron chi connectivity index (χ3n) is 4.44. The lowest BCUT2D eigenvalue weighted by atomic mass is 10.0. The third-order valence-corrected chi connectivity index (χ3v) is 4.44. The lowest BCUT2D eigenvalue weighted by Gasteiger charge is -2.06. The minimum absolute atomic E-state index is 0.0782. The molecule has 3 aromatic carbocycles. The molecule has 3 rings (SSSR count). The number of nitrogens with zero attached hydrogens (tertiary/aromatic N) is 2. The second kappa shape index (κ2) is 10.0. The largest absolute Gasteiger partial charge is 0.507 e. The van der Waals surface area contributed by atoms with Crippen LogP contribution in [0, 0.1) is 10.1 Å². The monoisotopic (exact) mass is 389 g/mol. The van der Waals surface area contributed by atoms with Gasteiger partial charge in [0.05, 0.1) is 4.92 Å². The van der Waals surface area contributed by atoms with E-state index >= 15 is 0 Å². The molecule has 0 unspecified atom stereocenters. The van der Waals surface area contributed by atoms with Crippen LogP contribution >= 0.6 is 0 Å². The fourth-order valence-corrected chi connectivity index (χ4v) is 2.92. The van der Waals surface area contributed by atoms with Crippen molar-refractivity contribution < 1.29 is 10.0 Å². The molecule has 0 saturated carbocycles. The normalized spacial score (nSPS) is 10.9. The average Bonchev–Trinajstić information content (AvgIpc) is 2.74. The van der Waals surface area contributed by atoms with E-state index in [1.54, 1.807) is 24.4 Å². The Balaban J connectivity index is 1.47. The predicted molar refractivity (Wildman–Crippen MR) is 116 cm³/mol. The van der Waals surface area contributed by atoms with Crippen molar-refractivity contribution >= 4 is 17.6 Å². The molecule has 2 N–H and O–H groups in total. The van der Waals surface area contributed by atoms with E-state index in [1.165, 1.54) is 17.7 Å². The maximum atomic E-state index is 10.6. The van der Waals surface area contributed by atoms with Gasteiger partial charge in [0.25, 0.3) is 5.69 Å². The number of aromatic hydroxyl groups is 1. The number of phenols is 1. The Kier molecular flexibility index (Phi) is 6.95. The van der Waals surface area contributed by atoms with E-state index in [0.717, 1.165) is 24.1 Å². The van der Waals surface area contributed by atoms with Crippen LogP contribution in [0.15, 0.2) is 77.8 Å². The molecule has 0 aliphatic carbocycles. The Morgan fingerprint density at radius 3 is 2.48 bits per heavy atom. The lowest BCUT2D eigenvalue weighted by Crippen LogP contribution is -2.03. The van der Waals surface area contributed by atoms with E-state index in [-0.39, 0.29) is 11.4 Å². The van der Waals surface area contributed by atoms with Crippen molar-refractivity contribution in [2.45, 2.75) is 12.8 Å². The van der Waals surface area contributed by atoms with Gasteiger partial charge < -0.3 is 10.4 Å². The second-order valence-corrected chi connectivity index (χ2v) is 6.68. The molecule has 0 aliphatic heterocycles. The fourth-order valence-electron chi connectivity index (χ4n) is 2.92. The number of rotatable bonds is 9. The predicted octanol–water partition coefficient (Wildman–Crippen LogP) is 4.81. The summed E-state index contributed by atoms with van der Waals surface area (Å²) in [6.07, 6.45) is 3.31. The van der Waals surface area contributed by atoms with E-state index in [2.05, 4.69) is 22.4 Å². The molecule has 0 aliphatic rings. The first-order valence-corrected chi connectivity index (χ1v) is 9.46. The van der Waals surface area contributed by atoms with Crippen molar-refractivity contribution in [3.63, 3.8) is 0 Å². The summed E-state index contributed by atoms with van der Waals surface area (Å²) in [5.74, 6) is 0.217. The zero-order valence-electron chi connectivity index (χ0n) is 16.0. The minimum Gasteiger partial charge on any atom is -0.507 e. The molecule has 0 amide bonds. The summed E-state index contributed by atoms with van der Waals surface area (Å²) in [5, 5.41) is 23.9. The van der Waals surface area contributed by atoms with E-state index in [0.29, 0.717) is 18.7 Å². The summed E-state index contributed by atoms with van der Waals surface area (Å²) in [7, 11) is 0. The Morgan fingerprint density at radius 2 is 1.76 bits per heavy atom. The van der Waals surface area contributed by atoms with Crippen LogP contribution in [-0.2, 0) is 6.42 Å². The molecule has 0 bridgehead atoms. The molecule has 0 radical (unpaired) electrons. The molecule has 3 aromatic rings. The van der Waals surface area contributed by atoms with Gasteiger partial charge >= 0.3 is 0 Å². The highest BCUT2D eigenvalue weighted by atomic mass is 16.6. The minimum atomic E-state index is -0.414. The molecule has 6 nitrogen and oxygen atoms in total. The Labute approximate surface area is 169 Å². The van der Waals surface area contributed by atoms with Crippen LogP contribution in [-0.4, -0.2) is 29.3 Å². The first kappa shape index (κ1) is 20.1. The molecule has 0 atom stereocenters. The van der Waals surface area contributed by atoms with Crippen LogP contribution in [0.1, 0.15) is 23.1 Å². The summed E-state index contributed by atoms with van der Waals surface area (Å²) in [4.78, 5) is 14.6. The SMILES string of the molecule is O=[N+]([O-])c1ccc(NCCCN=Cc2cc(Cc3ccccc3)ccc2O)cc1. The highest BCUT2D eigenvalue weighted by molar-refractivity contribution is 5.83. The van der Waals surface area contributed by atoms with E-state index in [1.807, 2.05) is 30.3 Å². The van der Waals surface area contributed by atoms with Crippen LogP contribution in [0.25, 0.3) is 0 Å². The summed E-state index contributed by atoms with van der Waals surface area (Å²) in [6, 6.07) is 22.1. The van der Waals surface area contributed by atoms with E-state index < -0.39 is 4.92 Å². The average molecular weight is 389 g/mol. The van der Waals surface area contributed by atoms with Crippen LogP contribution in [0.4, 0.5) is 11.4 Å². The summed E-state index contributed by atoms with van der Waals surface area (Å²) >= 11 is 0. The highest BCUT2D eigenvalue weighted by Gasteiger charge is 2.04. The zero-order valence-corrected chi connectivity index (χ0v) is 16.0. The van der Waals surface area contributed by atoms with Gasteiger partial charge in [0.1, 0.15) is 5.75 Å². The molecular formula is C23H23N3O3. The van der Waals surface area contributed by atoms with Gasteiger partial charge in [-0.1, -0.05) is 36.4 Å². The topological polar surface area (TPSA) is 87.8 Å². The van der Waals surface area contributed by atoms with Crippen molar-refractivity contribution in [3.05, 3.63) is 99.6 Å². The number of benzene rings is 3. The summed E-state index contributed by atoms with van der Waals surface area (Å²) in [5.41, 5.74) is 3.97. The standard InChI is InChI=1S/C23H23N3O3/c27-23-12-7-19(15-18-5-2-1-3-6-18)16-20(23)17-24-13-4-14-25-21-8-10-22(11-9-21)26(28)29/h1-3,5-12,16-17,25,27H,4,13-15H2. The van der Waals surface area contributed by atoms with Crippen molar-refractivity contribution in [2.75, 3.05) is 18.4 Å². The van der Waals surface area contributed by atoms with Crippen molar-refractivity contribution in [3.8, 4) is 5.75 Å². The first-order chi connectivity index (χ1) is 14.1. The van der Waals surface area contributed by atoms with Gasteiger partial charge in [-0.15, -0.1) is 0 Å². The third kappa shape index (κ3) is 6.17. The van der Waals surface area contributed by atoms with Crippen LogP contribution in [0.2, 0.25) is 0 Å². The molecule has 0 spiro atoms. The summed E-state index contributed by atoms with van der Waals surface area (Å²) < 4.78 is 0.